The van der Waals surface area contributed by atoms with Gasteiger partial charge in [-0.2, -0.15) is 0 Å². The fourth-order valence-corrected chi connectivity index (χ4v) is 1.05. The number of rotatable bonds is 2. The van der Waals surface area contributed by atoms with E-state index in [-0.39, 0.29) is 6.10 Å². The Hall–Kier alpha value is -1.06. The second-order valence-electron chi connectivity index (χ2n) is 2.56. The number of epoxide rings is 1. The van der Waals surface area contributed by atoms with Crippen molar-refractivity contribution in [3.8, 4) is 0 Å². The van der Waals surface area contributed by atoms with Crippen molar-refractivity contribution in [1.82, 2.24) is 0 Å². The maximum atomic E-state index is 8.57. The van der Waals surface area contributed by atoms with Crippen LogP contribution in [0.25, 0.3) is 0 Å². The van der Waals surface area contributed by atoms with Gasteiger partial charge in [-0.3, -0.25) is 10.7 Å². The lowest BCUT2D eigenvalue weighted by molar-refractivity contribution is 0.388. The van der Waals surface area contributed by atoms with Crippen molar-refractivity contribution in [3.05, 3.63) is 29.8 Å². The molecule has 1 aromatic carbocycles. The van der Waals surface area contributed by atoms with Crippen molar-refractivity contribution < 1.29 is 9.94 Å². The summed E-state index contributed by atoms with van der Waals surface area (Å²) in [6.45, 7) is 0.800. The van der Waals surface area contributed by atoms with Gasteiger partial charge in [0.2, 0.25) is 0 Å². The predicted molar refractivity (Wildman–Crippen MR) is 40.5 cm³/mol. The zero-order valence-corrected chi connectivity index (χ0v) is 5.95. The molecule has 1 aliphatic heterocycles. The van der Waals surface area contributed by atoms with Crippen LogP contribution in [0.15, 0.2) is 24.3 Å². The van der Waals surface area contributed by atoms with Gasteiger partial charge in [0.15, 0.2) is 0 Å². The van der Waals surface area contributed by atoms with E-state index in [1.165, 1.54) is 0 Å². The van der Waals surface area contributed by atoms with Crippen LogP contribution in [0.3, 0.4) is 0 Å². The van der Waals surface area contributed by atoms with Crippen molar-refractivity contribution in [3.63, 3.8) is 0 Å². The highest BCUT2D eigenvalue weighted by molar-refractivity contribution is 5.44. The van der Waals surface area contributed by atoms with E-state index in [4.69, 9.17) is 9.94 Å². The van der Waals surface area contributed by atoms with Gasteiger partial charge in [-0.15, -0.1) is 0 Å². The van der Waals surface area contributed by atoms with Crippen LogP contribution in [0.5, 0.6) is 0 Å². The Labute approximate surface area is 64.6 Å². The Morgan fingerprint density at radius 2 is 2.36 bits per heavy atom. The zero-order valence-electron chi connectivity index (χ0n) is 5.95. The average Bonchev–Trinajstić information content (AvgIpc) is 2.87. The van der Waals surface area contributed by atoms with Crippen molar-refractivity contribution in [2.75, 3.05) is 12.1 Å². The van der Waals surface area contributed by atoms with Crippen LogP contribution in [0, 0.1) is 0 Å². The molecule has 1 unspecified atom stereocenters. The van der Waals surface area contributed by atoms with Crippen molar-refractivity contribution in [2.24, 2.45) is 0 Å². The first-order valence-electron chi connectivity index (χ1n) is 3.52. The Morgan fingerprint density at radius 1 is 1.55 bits per heavy atom. The molecular weight excluding hydrogens is 142 g/mol. The minimum atomic E-state index is 0.253. The van der Waals surface area contributed by atoms with E-state index in [9.17, 15) is 0 Å². The fraction of sp³-hybridized carbons (Fsp3) is 0.250. The largest absolute Gasteiger partial charge is 0.368 e. The minimum Gasteiger partial charge on any atom is -0.368 e. The lowest BCUT2D eigenvalue weighted by Crippen LogP contribution is -1.89. The molecule has 0 aliphatic carbocycles. The molecule has 1 heterocycles. The van der Waals surface area contributed by atoms with Gasteiger partial charge in [0, 0.05) is 0 Å². The normalized spacial score (nSPS) is 21.4. The van der Waals surface area contributed by atoms with Gasteiger partial charge >= 0.3 is 0 Å². The molecule has 0 aromatic heterocycles. The maximum absolute atomic E-state index is 8.57. The van der Waals surface area contributed by atoms with Crippen LogP contribution in [0.1, 0.15) is 11.7 Å². The summed E-state index contributed by atoms with van der Waals surface area (Å²) >= 11 is 0. The van der Waals surface area contributed by atoms with Crippen LogP contribution in [0.4, 0.5) is 5.69 Å². The molecule has 0 spiro atoms. The van der Waals surface area contributed by atoms with Crippen molar-refractivity contribution in [1.29, 1.82) is 0 Å². The van der Waals surface area contributed by atoms with Gasteiger partial charge in [0.25, 0.3) is 0 Å². The topological polar surface area (TPSA) is 44.8 Å². The standard InChI is InChI=1S/C8H9NO2/c10-9-7-3-1-2-6(4-7)8-5-11-8/h1-4,8-10H,5H2. The van der Waals surface area contributed by atoms with Crippen molar-refractivity contribution in [2.45, 2.75) is 6.10 Å². The van der Waals surface area contributed by atoms with Crippen LogP contribution in [0.2, 0.25) is 0 Å². The highest BCUT2D eigenvalue weighted by atomic mass is 16.6. The first kappa shape index (κ1) is 6.64. The van der Waals surface area contributed by atoms with E-state index < -0.39 is 0 Å². The molecule has 2 N–H and O–H groups in total. The zero-order chi connectivity index (χ0) is 7.68. The van der Waals surface area contributed by atoms with Gasteiger partial charge in [0.1, 0.15) is 6.10 Å². The Balaban J connectivity index is 2.26. The number of ether oxygens (including phenoxy) is 1. The quantitative estimate of drug-likeness (QED) is 0.498. The summed E-state index contributed by atoms with van der Waals surface area (Å²) in [5.41, 5.74) is 3.92. The molecule has 1 aromatic rings. The molecule has 11 heavy (non-hydrogen) atoms. The molecular formula is C8H9NO2. The van der Waals surface area contributed by atoms with E-state index in [1.807, 2.05) is 18.2 Å². The monoisotopic (exact) mass is 151 g/mol. The van der Waals surface area contributed by atoms with E-state index in [0.29, 0.717) is 5.69 Å². The summed E-state index contributed by atoms with van der Waals surface area (Å²) in [7, 11) is 0. The minimum absolute atomic E-state index is 0.253. The third-order valence-corrected chi connectivity index (χ3v) is 1.72. The van der Waals surface area contributed by atoms with E-state index in [0.717, 1.165) is 12.2 Å². The van der Waals surface area contributed by atoms with Gasteiger partial charge in [-0.25, -0.2) is 0 Å². The van der Waals surface area contributed by atoms with Crippen molar-refractivity contribution >= 4 is 5.69 Å². The summed E-state index contributed by atoms with van der Waals surface area (Å²) < 4.78 is 5.08. The van der Waals surface area contributed by atoms with E-state index in [1.54, 1.807) is 6.07 Å². The summed E-state index contributed by atoms with van der Waals surface area (Å²) in [5.74, 6) is 0. The Bertz CT molecular complexity index is 258. The number of anilines is 1. The highest BCUT2D eigenvalue weighted by Crippen LogP contribution is 2.30. The molecule has 0 saturated carbocycles. The van der Waals surface area contributed by atoms with Crippen LogP contribution in [-0.2, 0) is 4.74 Å². The number of hydrogen-bond acceptors (Lipinski definition) is 3. The Kier molecular flexibility index (Phi) is 1.52. The summed E-state index contributed by atoms with van der Waals surface area (Å²) in [6.07, 6.45) is 0.253. The van der Waals surface area contributed by atoms with Gasteiger partial charge in [-0.05, 0) is 17.7 Å². The predicted octanol–water partition coefficient (Wildman–Crippen LogP) is 1.56. The summed E-state index contributed by atoms with van der Waals surface area (Å²) in [5, 5.41) is 8.57. The Morgan fingerprint density at radius 3 is 3.00 bits per heavy atom. The summed E-state index contributed by atoms with van der Waals surface area (Å²) in [4.78, 5) is 0. The first-order valence-corrected chi connectivity index (χ1v) is 3.52. The third kappa shape index (κ3) is 1.34. The van der Waals surface area contributed by atoms with Gasteiger partial charge in [0.05, 0.1) is 12.3 Å². The third-order valence-electron chi connectivity index (χ3n) is 1.72. The van der Waals surface area contributed by atoms with Crippen LogP contribution in [-0.4, -0.2) is 11.8 Å². The summed E-state index contributed by atoms with van der Waals surface area (Å²) in [6, 6.07) is 7.54. The lowest BCUT2D eigenvalue weighted by atomic mass is 10.1. The van der Waals surface area contributed by atoms with Gasteiger partial charge < -0.3 is 4.74 Å². The molecule has 1 aliphatic rings. The maximum Gasteiger partial charge on any atom is 0.106 e. The molecule has 1 fully saturated rings. The molecule has 1 atom stereocenters. The molecule has 2 rings (SSSR count). The molecule has 0 amide bonds. The molecule has 0 radical (unpaired) electrons. The smallest absolute Gasteiger partial charge is 0.106 e. The lowest BCUT2D eigenvalue weighted by Gasteiger charge is -1.99. The average molecular weight is 151 g/mol. The number of benzene rings is 1. The second kappa shape index (κ2) is 2.53. The number of nitrogens with one attached hydrogen (secondary N) is 1. The van der Waals surface area contributed by atoms with Gasteiger partial charge in [-0.1, -0.05) is 12.1 Å². The molecule has 0 bridgehead atoms. The molecule has 58 valence electrons. The first-order chi connectivity index (χ1) is 5.40. The van der Waals surface area contributed by atoms with E-state index >= 15 is 0 Å². The van der Waals surface area contributed by atoms with Crippen LogP contribution < -0.4 is 5.48 Å². The molecule has 3 nitrogen and oxygen atoms in total. The highest BCUT2D eigenvalue weighted by Gasteiger charge is 2.24. The number of hydrogen-bond donors (Lipinski definition) is 2. The second-order valence-corrected chi connectivity index (χ2v) is 2.56. The SMILES string of the molecule is ONc1cccc(C2CO2)c1. The van der Waals surface area contributed by atoms with E-state index in [2.05, 4.69) is 5.48 Å². The fourth-order valence-electron chi connectivity index (χ4n) is 1.05. The molecule has 3 heteroatoms. The molecule has 1 saturated heterocycles. The van der Waals surface area contributed by atoms with Crippen LogP contribution >= 0.6 is 0 Å².